The largest absolute Gasteiger partial charge is 0.426 e. The zero-order valence-corrected chi connectivity index (χ0v) is 12.0. The number of amides is 1. The first-order valence-electron chi connectivity index (χ1n) is 6.74. The molecule has 0 aliphatic carbocycles. The Bertz CT molecular complexity index is 590. The average molecular weight is 273 g/mol. The lowest BCUT2D eigenvalue weighted by atomic mass is 10.0. The zero-order valence-electron chi connectivity index (χ0n) is 12.0. The fourth-order valence-corrected chi connectivity index (χ4v) is 1.99. The molecule has 1 N–H and O–H groups in total. The second-order valence-corrected chi connectivity index (χ2v) is 5.00. The number of nitrogens with zero attached hydrogens (tertiary/aromatic N) is 2. The Kier molecular flexibility index (Phi) is 4.50. The molecule has 1 heterocycles. The predicted molar refractivity (Wildman–Crippen MR) is 76.5 cm³/mol. The van der Waals surface area contributed by atoms with Gasteiger partial charge in [-0.1, -0.05) is 32.0 Å². The summed E-state index contributed by atoms with van der Waals surface area (Å²) in [7, 11) is 0. The Balaban J connectivity index is 1.94. The minimum atomic E-state index is -0.0473. The topological polar surface area (TPSA) is 68.0 Å². The van der Waals surface area contributed by atoms with Gasteiger partial charge in [0, 0.05) is 25.5 Å². The highest BCUT2D eigenvalue weighted by Gasteiger charge is 2.10. The van der Waals surface area contributed by atoms with Crippen LogP contribution in [0.3, 0.4) is 0 Å². The van der Waals surface area contributed by atoms with Crippen molar-refractivity contribution < 1.29 is 9.21 Å². The molecule has 1 aromatic heterocycles. The molecule has 0 fully saturated rings. The number of carbonyl (C=O) groups is 1. The number of benzene rings is 1. The van der Waals surface area contributed by atoms with Crippen LogP contribution in [0, 0.1) is 6.92 Å². The van der Waals surface area contributed by atoms with Crippen molar-refractivity contribution in [2.45, 2.75) is 39.5 Å². The van der Waals surface area contributed by atoms with E-state index in [1.807, 2.05) is 24.3 Å². The number of carbonyl (C=O) groups excluding carboxylic acids is 1. The van der Waals surface area contributed by atoms with E-state index in [4.69, 9.17) is 4.42 Å². The lowest BCUT2D eigenvalue weighted by Gasteiger charge is -2.13. The maximum atomic E-state index is 12.0. The molecule has 106 valence electrons. The molecule has 0 unspecified atom stereocenters. The Morgan fingerprint density at radius 1 is 1.30 bits per heavy atom. The molecule has 0 aliphatic heterocycles. The highest BCUT2D eigenvalue weighted by molar-refractivity contribution is 5.91. The van der Waals surface area contributed by atoms with E-state index in [9.17, 15) is 4.79 Å². The monoisotopic (exact) mass is 273 g/mol. The number of hydrogen-bond donors (Lipinski definition) is 1. The predicted octanol–water partition coefficient (Wildman–Crippen LogP) is 3.07. The molecule has 5 nitrogen and oxygen atoms in total. The van der Waals surface area contributed by atoms with E-state index in [0.29, 0.717) is 30.5 Å². The minimum Gasteiger partial charge on any atom is -0.426 e. The van der Waals surface area contributed by atoms with Crippen molar-refractivity contribution in [1.29, 1.82) is 0 Å². The van der Waals surface area contributed by atoms with Gasteiger partial charge in [-0.25, -0.2) is 0 Å². The number of rotatable bonds is 5. The molecule has 0 aliphatic rings. The third-order valence-electron chi connectivity index (χ3n) is 2.99. The van der Waals surface area contributed by atoms with Gasteiger partial charge in [0.1, 0.15) is 0 Å². The molecule has 0 saturated carbocycles. The summed E-state index contributed by atoms with van der Waals surface area (Å²) in [5.41, 5.74) is 2.00. The molecule has 0 radical (unpaired) electrons. The SMILES string of the molecule is Cc1nnc(CCC(=O)Nc2ccccc2C(C)C)o1. The van der Waals surface area contributed by atoms with Gasteiger partial charge >= 0.3 is 0 Å². The van der Waals surface area contributed by atoms with Crippen molar-refractivity contribution in [2.24, 2.45) is 0 Å². The lowest BCUT2D eigenvalue weighted by molar-refractivity contribution is -0.116. The molecule has 20 heavy (non-hydrogen) atoms. The van der Waals surface area contributed by atoms with Crippen LogP contribution in [0.2, 0.25) is 0 Å². The van der Waals surface area contributed by atoms with Gasteiger partial charge in [0.05, 0.1) is 0 Å². The van der Waals surface area contributed by atoms with Crippen molar-refractivity contribution in [3.8, 4) is 0 Å². The minimum absolute atomic E-state index is 0.0473. The molecular formula is C15H19N3O2. The fraction of sp³-hybridized carbons (Fsp3) is 0.400. The summed E-state index contributed by atoms with van der Waals surface area (Å²) in [4.78, 5) is 12.0. The molecule has 2 aromatic rings. The number of para-hydroxylation sites is 1. The van der Waals surface area contributed by atoms with Crippen LogP contribution >= 0.6 is 0 Å². The molecule has 0 saturated heterocycles. The quantitative estimate of drug-likeness (QED) is 0.909. The van der Waals surface area contributed by atoms with Gasteiger partial charge in [-0.05, 0) is 17.5 Å². The molecule has 0 spiro atoms. The summed E-state index contributed by atoms with van der Waals surface area (Å²) in [6.07, 6.45) is 0.782. The van der Waals surface area contributed by atoms with Crippen LogP contribution in [0.5, 0.6) is 0 Å². The highest BCUT2D eigenvalue weighted by atomic mass is 16.4. The molecular weight excluding hydrogens is 254 g/mol. The molecule has 2 rings (SSSR count). The first-order chi connectivity index (χ1) is 9.56. The number of anilines is 1. The van der Waals surface area contributed by atoms with Crippen LogP contribution in [0.1, 0.15) is 43.5 Å². The maximum Gasteiger partial charge on any atom is 0.224 e. The standard InChI is InChI=1S/C15H19N3O2/c1-10(2)12-6-4-5-7-13(12)16-14(19)8-9-15-18-17-11(3)20-15/h4-7,10H,8-9H2,1-3H3,(H,16,19). The smallest absolute Gasteiger partial charge is 0.224 e. The van der Waals surface area contributed by atoms with Crippen LogP contribution in [-0.2, 0) is 11.2 Å². The first-order valence-corrected chi connectivity index (χ1v) is 6.74. The molecule has 1 amide bonds. The van der Waals surface area contributed by atoms with Gasteiger partial charge in [0.25, 0.3) is 0 Å². The van der Waals surface area contributed by atoms with E-state index in [0.717, 1.165) is 11.3 Å². The lowest BCUT2D eigenvalue weighted by Crippen LogP contribution is -2.14. The average Bonchev–Trinajstić information content (AvgIpc) is 2.83. The molecule has 0 bridgehead atoms. The van der Waals surface area contributed by atoms with Crippen LogP contribution < -0.4 is 5.32 Å². The van der Waals surface area contributed by atoms with Crippen molar-refractivity contribution >= 4 is 11.6 Å². The second-order valence-electron chi connectivity index (χ2n) is 5.00. The number of aromatic nitrogens is 2. The molecule has 1 aromatic carbocycles. The number of aryl methyl sites for hydroxylation is 2. The summed E-state index contributed by atoms with van der Waals surface area (Å²) in [6.45, 7) is 5.94. The maximum absolute atomic E-state index is 12.0. The Morgan fingerprint density at radius 3 is 2.70 bits per heavy atom. The van der Waals surface area contributed by atoms with Crippen molar-refractivity contribution in [2.75, 3.05) is 5.32 Å². The second kappa shape index (κ2) is 6.32. The normalized spacial score (nSPS) is 10.8. The third-order valence-corrected chi connectivity index (χ3v) is 2.99. The first kappa shape index (κ1) is 14.2. The summed E-state index contributed by atoms with van der Waals surface area (Å²) >= 11 is 0. The Morgan fingerprint density at radius 2 is 2.05 bits per heavy atom. The third kappa shape index (κ3) is 3.66. The van der Waals surface area contributed by atoms with E-state index in [2.05, 4.69) is 29.4 Å². The summed E-state index contributed by atoms with van der Waals surface area (Å²) in [5, 5.41) is 10.6. The van der Waals surface area contributed by atoms with Crippen LogP contribution in [0.15, 0.2) is 28.7 Å². The van der Waals surface area contributed by atoms with Crippen LogP contribution in [-0.4, -0.2) is 16.1 Å². The number of nitrogens with one attached hydrogen (secondary N) is 1. The van der Waals surface area contributed by atoms with E-state index >= 15 is 0 Å². The van der Waals surface area contributed by atoms with Gasteiger partial charge in [-0.15, -0.1) is 10.2 Å². The number of hydrogen-bond acceptors (Lipinski definition) is 4. The van der Waals surface area contributed by atoms with Crippen LogP contribution in [0.4, 0.5) is 5.69 Å². The van der Waals surface area contributed by atoms with Crippen molar-refractivity contribution in [3.63, 3.8) is 0 Å². The van der Waals surface area contributed by atoms with E-state index in [1.54, 1.807) is 6.92 Å². The van der Waals surface area contributed by atoms with Gasteiger partial charge in [0.2, 0.25) is 17.7 Å². The summed E-state index contributed by atoms with van der Waals surface area (Å²) in [5.74, 6) is 1.33. The van der Waals surface area contributed by atoms with Crippen molar-refractivity contribution in [1.82, 2.24) is 10.2 Å². The highest BCUT2D eigenvalue weighted by Crippen LogP contribution is 2.23. The summed E-state index contributed by atoms with van der Waals surface area (Å²) < 4.78 is 5.24. The van der Waals surface area contributed by atoms with E-state index < -0.39 is 0 Å². The van der Waals surface area contributed by atoms with Gasteiger partial charge in [-0.3, -0.25) is 4.79 Å². The fourth-order valence-electron chi connectivity index (χ4n) is 1.99. The van der Waals surface area contributed by atoms with Gasteiger partial charge < -0.3 is 9.73 Å². The van der Waals surface area contributed by atoms with Gasteiger partial charge in [0.15, 0.2) is 0 Å². The van der Waals surface area contributed by atoms with E-state index in [-0.39, 0.29) is 5.91 Å². The Labute approximate surface area is 118 Å². The van der Waals surface area contributed by atoms with Crippen molar-refractivity contribution in [3.05, 3.63) is 41.6 Å². The van der Waals surface area contributed by atoms with Crippen LogP contribution in [0.25, 0.3) is 0 Å². The summed E-state index contributed by atoms with van der Waals surface area (Å²) in [6, 6.07) is 7.85. The zero-order chi connectivity index (χ0) is 14.5. The van der Waals surface area contributed by atoms with Gasteiger partial charge in [-0.2, -0.15) is 0 Å². The molecule has 0 atom stereocenters. The van der Waals surface area contributed by atoms with E-state index in [1.165, 1.54) is 0 Å². The molecule has 5 heteroatoms. The Hall–Kier alpha value is -2.17.